The number of H-pyrrole nitrogens is 1. The van der Waals surface area contributed by atoms with Gasteiger partial charge in [-0.25, -0.2) is 0 Å². The Kier molecular flexibility index (Phi) is 3.53. The summed E-state index contributed by atoms with van der Waals surface area (Å²) in [5, 5.41) is 4.86. The van der Waals surface area contributed by atoms with Crippen molar-refractivity contribution < 1.29 is 0 Å². The van der Waals surface area contributed by atoms with Crippen LogP contribution in [0.3, 0.4) is 0 Å². The molecule has 0 aliphatic rings. The van der Waals surface area contributed by atoms with Gasteiger partial charge in [-0.3, -0.25) is 0 Å². The van der Waals surface area contributed by atoms with E-state index in [1.807, 2.05) is 0 Å². The zero-order valence-corrected chi connectivity index (χ0v) is 11.2. The van der Waals surface area contributed by atoms with Gasteiger partial charge in [0.05, 0.1) is 0 Å². The molecule has 1 aromatic carbocycles. The van der Waals surface area contributed by atoms with E-state index in [-0.39, 0.29) is 0 Å². The fourth-order valence-electron chi connectivity index (χ4n) is 2.30. The van der Waals surface area contributed by atoms with Crippen molar-refractivity contribution in [2.45, 2.75) is 40.2 Å². The van der Waals surface area contributed by atoms with Gasteiger partial charge in [-0.15, -0.1) is 0 Å². The maximum absolute atomic E-state index is 3.48. The second-order valence-electron chi connectivity index (χ2n) is 5.14. The van der Waals surface area contributed by atoms with Crippen LogP contribution in [0, 0.1) is 13.8 Å². The van der Waals surface area contributed by atoms with Crippen molar-refractivity contribution in [1.82, 2.24) is 10.3 Å². The van der Waals surface area contributed by atoms with Gasteiger partial charge in [-0.05, 0) is 44.5 Å². The van der Waals surface area contributed by atoms with Gasteiger partial charge >= 0.3 is 0 Å². The zero-order chi connectivity index (χ0) is 12.4. The minimum atomic E-state index is 0.558. The molecule has 2 aromatic rings. The summed E-state index contributed by atoms with van der Waals surface area (Å²) in [5.74, 6) is 0. The minimum absolute atomic E-state index is 0.558. The molecule has 0 radical (unpaired) electrons. The SMILES string of the molecule is Cc1ccc2[nH]c(C)c(CCNC(C)C)c2c1. The van der Waals surface area contributed by atoms with E-state index < -0.39 is 0 Å². The Morgan fingerprint density at radius 2 is 2.00 bits per heavy atom. The molecule has 2 rings (SSSR count). The molecule has 1 aromatic heterocycles. The monoisotopic (exact) mass is 230 g/mol. The van der Waals surface area contributed by atoms with Crippen LogP contribution in [0.25, 0.3) is 10.9 Å². The summed E-state index contributed by atoms with van der Waals surface area (Å²) in [4.78, 5) is 3.46. The van der Waals surface area contributed by atoms with Crippen LogP contribution in [0.5, 0.6) is 0 Å². The number of nitrogens with one attached hydrogen (secondary N) is 2. The maximum atomic E-state index is 3.48. The first-order valence-corrected chi connectivity index (χ1v) is 6.39. The Morgan fingerprint density at radius 1 is 1.24 bits per heavy atom. The molecule has 0 unspecified atom stereocenters. The Morgan fingerprint density at radius 3 is 2.71 bits per heavy atom. The van der Waals surface area contributed by atoms with Crippen LogP contribution < -0.4 is 5.32 Å². The van der Waals surface area contributed by atoms with Gasteiger partial charge in [0.1, 0.15) is 0 Å². The molecule has 92 valence electrons. The molecule has 0 saturated heterocycles. The van der Waals surface area contributed by atoms with Gasteiger partial charge in [0.2, 0.25) is 0 Å². The predicted molar refractivity (Wildman–Crippen MR) is 74.6 cm³/mol. The number of aryl methyl sites for hydroxylation is 2. The third-order valence-corrected chi connectivity index (χ3v) is 3.20. The van der Waals surface area contributed by atoms with Crippen molar-refractivity contribution >= 4 is 10.9 Å². The molecule has 2 N–H and O–H groups in total. The van der Waals surface area contributed by atoms with Crippen molar-refractivity contribution in [2.75, 3.05) is 6.54 Å². The Bertz CT molecular complexity index is 509. The van der Waals surface area contributed by atoms with E-state index in [1.54, 1.807) is 0 Å². The summed E-state index contributed by atoms with van der Waals surface area (Å²) < 4.78 is 0. The fourth-order valence-corrected chi connectivity index (χ4v) is 2.30. The van der Waals surface area contributed by atoms with Gasteiger partial charge in [0.25, 0.3) is 0 Å². The second-order valence-corrected chi connectivity index (χ2v) is 5.14. The van der Waals surface area contributed by atoms with Crippen LogP contribution in [-0.2, 0) is 6.42 Å². The highest BCUT2D eigenvalue weighted by Gasteiger charge is 2.08. The van der Waals surface area contributed by atoms with Crippen molar-refractivity contribution in [1.29, 1.82) is 0 Å². The number of fused-ring (bicyclic) bond motifs is 1. The van der Waals surface area contributed by atoms with Crippen LogP contribution >= 0.6 is 0 Å². The van der Waals surface area contributed by atoms with Crippen molar-refractivity contribution in [3.8, 4) is 0 Å². The number of rotatable bonds is 4. The minimum Gasteiger partial charge on any atom is -0.358 e. The van der Waals surface area contributed by atoms with Crippen LogP contribution in [0.4, 0.5) is 0 Å². The lowest BCUT2D eigenvalue weighted by Crippen LogP contribution is -2.25. The van der Waals surface area contributed by atoms with Crippen LogP contribution in [0.2, 0.25) is 0 Å². The first kappa shape index (κ1) is 12.2. The van der Waals surface area contributed by atoms with Gasteiger partial charge in [-0.2, -0.15) is 0 Å². The van der Waals surface area contributed by atoms with E-state index in [2.05, 4.69) is 56.2 Å². The van der Waals surface area contributed by atoms with Gasteiger partial charge in [0.15, 0.2) is 0 Å². The molecule has 0 atom stereocenters. The molecule has 2 heteroatoms. The molecule has 1 heterocycles. The quantitative estimate of drug-likeness (QED) is 0.828. The van der Waals surface area contributed by atoms with Crippen LogP contribution in [0.15, 0.2) is 18.2 Å². The first-order chi connectivity index (χ1) is 8.08. The summed E-state index contributed by atoms with van der Waals surface area (Å²) in [6, 6.07) is 7.18. The predicted octanol–water partition coefficient (Wildman–Crippen LogP) is 3.33. The maximum Gasteiger partial charge on any atom is 0.0459 e. The molecule has 0 aliphatic heterocycles. The molecule has 0 fully saturated rings. The second kappa shape index (κ2) is 4.92. The molecule has 0 saturated carbocycles. The topological polar surface area (TPSA) is 27.8 Å². The molecule has 0 aliphatic carbocycles. The highest BCUT2D eigenvalue weighted by atomic mass is 14.9. The first-order valence-electron chi connectivity index (χ1n) is 6.39. The molecule has 0 bridgehead atoms. The highest BCUT2D eigenvalue weighted by molar-refractivity contribution is 5.85. The fraction of sp³-hybridized carbons (Fsp3) is 0.467. The van der Waals surface area contributed by atoms with Crippen molar-refractivity contribution in [3.05, 3.63) is 35.0 Å². The van der Waals surface area contributed by atoms with Gasteiger partial charge in [-0.1, -0.05) is 25.5 Å². The van der Waals surface area contributed by atoms with E-state index in [4.69, 9.17) is 0 Å². The third-order valence-electron chi connectivity index (χ3n) is 3.20. The third kappa shape index (κ3) is 2.70. The molecule has 0 spiro atoms. The summed E-state index contributed by atoms with van der Waals surface area (Å²) >= 11 is 0. The number of hydrogen-bond donors (Lipinski definition) is 2. The average Bonchev–Trinajstić information content (AvgIpc) is 2.55. The zero-order valence-electron chi connectivity index (χ0n) is 11.2. The largest absolute Gasteiger partial charge is 0.358 e. The lowest BCUT2D eigenvalue weighted by atomic mass is 10.1. The van der Waals surface area contributed by atoms with Gasteiger partial charge in [0, 0.05) is 22.6 Å². The normalized spacial score (nSPS) is 11.6. The summed E-state index contributed by atoms with van der Waals surface area (Å²) in [6.45, 7) is 9.73. The van der Waals surface area contributed by atoms with Gasteiger partial charge < -0.3 is 10.3 Å². The molecule has 0 amide bonds. The number of hydrogen-bond acceptors (Lipinski definition) is 1. The highest BCUT2D eigenvalue weighted by Crippen LogP contribution is 2.23. The average molecular weight is 230 g/mol. The van der Waals surface area contributed by atoms with Crippen LogP contribution in [0.1, 0.15) is 30.7 Å². The van der Waals surface area contributed by atoms with E-state index >= 15 is 0 Å². The van der Waals surface area contributed by atoms with E-state index in [0.29, 0.717) is 6.04 Å². The molecular formula is C15H22N2. The standard InChI is InChI=1S/C15H22N2/c1-10(2)16-8-7-13-12(4)17-15-6-5-11(3)9-14(13)15/h5-6,9-10,16-17H,7-8H2,1-4H3. The summed E-state index contributed by atoms with van der Waals surface area (Å²) in [7, 11) is 0. The molecule has 17 heavy (non-hydrogen) atoms. The Labute approximate surface area is 103 Å². The number of benzene rings is 1. The Hall–Kier alpha value is -1.28. The van der Waals surface area contributed by atoms with E-state index in [9.17, 15) is 0 Å². The summed E-state index contributed by atoms with van der Waals surface area (Å²) in [5.41, 5.74) is 5.34. The number of aromatic nitrogens is 1. The lowest BCUT2D eigenvalue weighted by Gasteiger charge is -2.08. The smallest absolute Gasteiger partial charge is 0.0459 e. The lowest BCUT2D eigenvalue weighted by molar-refractivity contribution is 0.590. The summed E-state index contributed by atoms with van der Waals surface area (Å²) in [6.07, 6.45) is 1.09. The van der Waals surface area contributed by atoms with Crippen molar-refractivity contribution in [3.63, 3.8) is 0 Å². The number of aromatic amines is 1. The van der Waals surface area contributed by atoms with Crippen molar-refractivity contribution in [2.24, 2.45) is 0 Å². The molecule has 2 nitrogen and oxygen atoms in total. The Balaban J connectivity index is 2.26. The van der Waals surface area contributed by atoms with E-state index in [1.165, 1.54) is 27.7 Å². The van der Waals surface area contributed by atoms with Crippen LogP contribution in [-0.4, -0.2) is 17.6 Å². The molecular weight excluding hydrogens is 208 g/mol. The van der Waals surface area contributed by atoms with E-state index in [0.717, 1.165) is 13.0 Å².